The topological polar surface area (TPSA) is 38.9 Å². The van der Waals surface area contributed by atoms with Crippen molar-refractivity contribution in [2.24, 2.45) is 0 Å². The first-order chi connectivity index (χ1) is 10.1. The zero-order valence-corrected chi connectivity index (χ0v) is 12.5. The normalized spacial score (nSPS) is 11.0. The van der Waals surface area contributed by atoms with Crippen LogP contribution in [-0.2, 0) is 5.75 Å². The van der Waals surface area contributed by atoms with Crippen LogP contribution >= 0.6 is 11.8 Å². The predicted molar refractivity (Wildman–Crippen MR) is 86.9 cm³/mol. The van der Waals surface area contributed by atoms with Crippen molar-refractivity contribution >= 4 is 28.4 Å². The Labute approximate surface area is 127 Å². The van der Waals surface area contributed by atoms with E-state index in [1.54, 1.807) is 24.0 Å². The lowest BCUT2D eigenvalue weighted by Crippen LogP contribution is -1.92. The van der Waals surface area contributed by atoms with Gasteiger partial charge in [0.1, 0.15) is 5.82 Å². The summed E-state index contributed by atoms with van der Waals surface area (Å²) >= 11 is 1.60. The third-order valence-electron chi connectivity index (χ3n) is 3.30. The predicted octanol–water partition coefficient (Wildman–Crippen LogP) is 4.56. The molecular formula is C17H15FN2S. The molecule has 0 bridgehead atoms. The van der Waals surface area contributed by atoms with Crippen molar-refractivity contribution in [1.29, 1.82) is 0 Å². The van der Waals surface area contributed by atoms with E-state index in [0.29, 0.717) is 5.75 Å². The molecule has 2 nitrogen and oxygen atoms in total. The Balaban J connectivity index is 1.91. The molecule has 1 aromatic heterocycles. The number of benzene rings is 2. The van der Waals surface area contributed by atoms with Crippen LogP contribution in [0, 0.1) is 12.7 Å². The Morgan fingerprint density at radius 2 is 2.05 bits per heavy atom. The van der Waals surface area contributed by atoms with Gasteiger partial charge >= 0.3 is 0 Å². The highest BCUT2D eigenvalue weighted by atomic mass is 32.2. The van der Waals surface area contributed by atoms with Crippen LogP contribution in [0.3, 0.4) is 0 Å². The van der Waals surface area contributed by atoms with Crippen LogP contribution < -0.4 is 5.73 Å². The van der Waals surface area contributed by atoms with Crippen molar-refractivity contribution in [2.45, 2.75) is 17.6 Å². The molecule has 0 amide bonds. The average molecular weight is 298 g/mol. The van der Waals surface area contributed by atoms with Crippen LogP contribution in [0.1, 0.15) is 11.1 Å². The quantitative estimate of drug-likeness (QED) is 0.569. The fourth-order valence-corrected chi connectivity index (χ4v) is 3.21. The van der Waals surface area contributed by atoms with Gasteiger partial charge in [-0.15, -0.1) is 11.8 Å². The Bertz CT molecular complexity index is 802. The minimum absolute atomic E-state index is 0.233. The molecule has 0 fully saturated rings. The van der Waals surface area contributed by atoms with Gasteiger partial charge in [-0.1, -0.05) is 12.1 Å². The van der Waals surface area contributed by atoms with Gasteiger partial charge in [0.05, 0.1) is 5.52 Å². The molecule has 4 heteroatoms. The number of anilines is 1. The maximum Gasteiger partial charge on any atom is 0.124 e. The van der Waals surface area contributed by atoms with Gasteiger partial charge in [0.25, 0.3) is 0 Å². The lowest BCUT2D eigenvalue weighted by Gasteiger charge is -2.08. The van der Waals surface area contributed by atoms with Gasteiger partial charge in [-0.3, -0.25) is 4.98 Å². The number of hydrogen-bond donors (Lipinski definition) is 1. The standard InChI is InChI=1S/C17H15FN2S/c1-11-4-5-16(15(19)7-11)21-10-13-9-14(18)8-12-3-2-6-20-17(12)13/h2-9H,10,19H2,1H3. The first-order valence-corrected chi connectivity index (χ1v) is 7.64. The fourth-order valence-electron chi connectivity index (χ4n) is 2.29. The number of nitrogens with zero attached hydrogens (tertiary/aromatic N) is 1. The summed E-state index contributed by atoms with van der Waals surface area (Å²) in [5.74, 6) is 0.404. The van der Waals surface area contributed by atoms with Gasteiger partial charge in [0.2, 0.25) is 0 Å². The summed E-state index contributed by atoms with van der Waals surface area (Å²) in [6, 6.07) is 12.7. The zero-order chi connectivity index (χ0) is 14.8. The SMILES string of the molecule is Cc1ccc(SCc2cc(F)cc3cccnc23)c(N)c1. The van der Waals surface area contributed by atoms with Gasteiger partial charge < -0.3 is 5.73 Å². The number of aryl methyl sites for hydroxylation is 1. The molecular weight excluding hydrogens is 283 g/mol. The third kappa shape index (κ3) is 3.00. The Morgan fingerprint density at radius 3 is 2.86 bits per heavy atom. The second kappa shape index (κ2) is 5.74. The van der Waals surface area contributed by atoms with Crippen LogP contribution in [0.25, 0.3) is 10.9 Å². The molecule has 3 rings (SSSR count). The van der Waals surface area contributed by atoms with Crippen LogP contribution in [-0.4, -0.2) is 4.98 Å². The number of hydrogen-bond acceptors (Lipinski definition) is 3. The van der Waals surface area contributed by atoms with Gasteiger partial charge in [-0.05, 0) is 48.4 Å². The average Bonchev–Trinajstić information content (AvgIpc) is 2.46. The van der Waals surface area contributed by atoms with Crippen molar-refractivity contribution in [3.63, 3.8) is 0 Å². The van der Waals surface area contributed by atoms with Crippen molar-refractivity contribution in [1.82, 2.24) is 4.98 Å². The number of rotatable bonds is 3. The second-order valence-electron chi connectivity index (χ2n) is 4.97. The van der Waals surface area contributed by atoms with Gasteiger partial charge in [0.15, 0.2) is 0 Å². The molecule has 0 radical (unpaired) electrons. The molecule has 0 aliphatic rings. The number of nitrogen functional groups attached to an aromatic ring is 1. The van der Waals surface area contributed by atoms with Crippen LogP contribution in [0.2, 0.25) is 0 Å². The maximum atomic E-state index is 13.7. The lowest BCUT2D eigenvalue weighted by molar-refractivity contribution is 0.628. The smallest absolute Gasteiger partial charge is 0.124 e. The number of thioether (sulfide) groups is 1. The fraction of sp³-hybridized carbons (Fsp3) is 0.118. The minimum Gasteiger partial charge on any atom is -0.398 e. The molecule has 0 unspecified atom stereocenters. The molecule has 2 aromatic carbocycles. The molecule has 1 heterocycles. The molecule has 0 aliphatic heterocycles. The molecule has 0 spiro atoms. The van der Waals surface area contributed by atoms with E-state index in [0.717, 1.165) is 32.6 Å². The number of aromatic nitrogens is 1. The summed E-state index contributed by atoms with van der Waals surface area (Å²) in [5, 5.41) is 0.824. The molecule has 0 atom stereocenters. The summed E-state index contributed by atoms with van der Waals surface area (Å²) in [5.41, 5.74) is 9.64. The number of nitrogens with two attached hydrogens (primary N) is 1. The molecule has 0 saturated carbocycles. The van der Waals surface area contributed by atoms with E-state index >= 15 is 0 Å². The van der Waals surface area contributed by atoms with E-state index in [4.69, 9.17) is 5.73 Å². The zero-order valence-electron chi connectivity index (χ0n) is 11.6. The van der Waals surface area contributed by atoms with E-state index < -0.39 is 0 Å². The highest BCUT2D eigenvalue weighted by Gasteiger charge is 2.07. The number of halogens is 1. The molecule has 21 heavy (non-hydrogen) atoms. The minimum atomic E-state index is -0.233. The molecule has 3 aromatic rings. The summed E-state index contributed by atoms with van der Waals surface area (Å²) in [7, 11) is 0. The second-order valence-corrected chi connectivity index (χ2v) is 5.99. The van der Waals surface area contributed by atoms with Crippen LogP contribution in [0.4, 0.5) is 10.1 Å². The largest absolute Gasteiger partial charge is 0.398 e. The van der Waals surface area contributed by atoms with Gasteiger partial charge in [-0.25, -0.2) is 4.39 Å². The van der Waals surface area contributed by atoms with Gasteiger partial charge in [0, 0.05) is 27.9 Å². The van der Waals surface area contributed by atoms with Crippen molar-refractivity contribution < 1.29 is 4.39 Å². The van der Waals surface area contributed by atoms with E-state index in [1.807, 2.05) is 37.3 Å². The van der Waals surface area contributed by atoms with E-state index in [1.165, 1.54) is 6.07 Å². The maximum absolute atomic E-state index is 13.7. The summed E-state index contributed by atoms with van der Waals surface area (Å²) in [6.45, 7) is 2.01. The monoisotopic (exact) mass is 298 g/mol. The van der Waals surface area contributed by atoms with Crippen molar-refractivity contribution in [3.05, 3.63) is 65.6 Å². The highest BCUT2D eigenvalue weighted by molar-refractivity contribution is 7.98. The third-order valence-corrected chi connectivity index (χ3v) is 4.44. The van der Waals surface area contributed by atoms with E-state index in [2.05, 4.69) is 4.98 Å². The molecule has 0 aliphatic carbocycles. The summed E-state index contributed by atoms with van der Waals surface area (Å²) < 4.78 is 13.7. The number of fused-ring (bicyclic) bond motifs is 1. The van der Waals surface area contributed by atoms with E-state index in [-0.39, 0.29) is 5.82 Å². The Kier molecular flexibility index (Phi) is 3.80. The Morgan fingerprint density at radius 1 is 1.19 bits per heavy atom. The van der Waals surface area contributed by atoms with Crippen molar-refractivity contribution in [3.8, 4) is 0 Å². The first kappa shape index (κ1) is 13.9. The molecule has 0 saturated heterocycles. The number of pyridine rings is 1. The Hall–Kier alpha value is -2.07. The van der Waals surface area contributed by atoms with Crippen LogP contribution in [0.5, 0.6) is 0 Å². The summed E-state index contributed by atoms with van der Waals surface area (Å²) in [6.07, 6.45) is 1.73. The van der Waals surface area contributed by atoms with Crippen LogP contribution in [0.15, 0.2) is 53.6 Å². The van der Waals surface area contributed by atoms with Gasteiger partial charge in [-0.2, -0.15) is 0 Å². The summed E-state index contributed by atoms with van der Waals surface area (Å²) in [4.78, 5) is 5.37. The molecule has 106 valence electrons. The first-order valence-electron chi connectivity index (χ1n) is 6.65. The van der Waals surface area contributed by atoms with Crippen molar-refractivity contribution in [2.75, 3.05) is 5.73 Å². The highest BCUT2D eigenvalue weighted by Crippen LogP contribution is 2.31. The van der Waals surface area contributed by atoms with E-state index in [9.17, 15) is 4.39 Å². The lowest BCUT2D eigenvalue weighted by atomic mass is 10.1. The molecule has 2 N–H and O–H groups in total.